The van der Waals surface area contributed by atoms with Gasteiger partial charge in [-0.05, 0) is 38.5 Å². The molecule has 0 aliphatic heterocycles. The van der Waals surface area contributed by atoms with Crippen molar-refractivity contribution in [3.63, 3.8) is 0 Å². The standard InChI is InChI=1S/C27H30N6O2/c1-16(2)35-27-17(3)11-19(14-31-27)23-12-24(33-15-32-23)30-13-18(4)20-7-6-8-21-22(26(34)28-5)9-10-29-25(20)21/h6-12,14-16,18H,13H2,1-5H3,(H,28,34)(H,30,32,33)/t18-/m1/s1. The van der Waals surface area contributed by atoms with Gasteiger partial charge in [-0.3, -0.25) is 9.78 Å². The fourth-order valence-corrected chi connectivity index (χ4v) is 3.96. The molecule has 0 fully saturated rings. The third kappa shape index (κ3) is 5.37. The van der Waals surface area contributed by atoms with Crippen LogP contribution in [0.4, 0.5) is 5.82 Å². The SMILES string of the molecule is CNC(=O)c1ccnc2c([C@H](C)CNc3cc(-c4cnc(OC(C)C)c(C)c4)ncn3)cccc12. The quantitative estimate of drug-likeness (QED) is 0.383. The maximum absolute atomic E-state index is 12.3. The van der Waals surface area contributed by atoms with Crippen molar-refractivity contribution in [3.05, 3.63) is 71.8 Å². The lowest BCUT2D eigenvalue weighted by molar-refractivity contribution is 0.0964. The molecule has 3 heterocycles. The summed E-state index contributed by atoms with van der Waals surface area (Å²) in [7, 11) is 1.63. The third-order valence-electron chi connectivity index (χ3n) is 5.73. The Labute approximate surface area is 205 Å². The molecular weight excluding hydrogens is 440 g/mol. The third-order valence-corrected chi connectivity index (χ3v) is 5.73. The lowest BCUT2D eigenvalue weighted by Gasteiger charge is -2.16. The van der Waals surface area contributed by atoms with Crippen LogP contribution in [0.3, 0.4) is 0 Å². The Balaban J connectivity index is 1.52. The smallest absolute Gasteiger partial charge is 0.251 e. The summed E-state index contributed by atoms with van der Waals surface area (Å²) in [5.41, 5.74) is 5.15. The fourth-order valence-electron chi connectivity index (χ4n) is 3.96. The average Bonchev–Trinajstić information content (AvgIpc) is 2.87. The number of rotatable bonds is 8. The second kappa shape index (κ2) is 10.5. The molecule has 0 radical (unpaired) electrons. The molecule has 0 aliphatic carbocycles. The zero-order valence-electron chi connectivity index (χ0n) is 20.7. The van der Waals surface area contributed by atoms with Crippen molar-refractivity contribution in [1.29, 1.82) is 0 Å². The van der Waals surface area contributed by atoms with Crippen molar-refractivity contribution in [2.75, 3.05) is 18.9 Å². The predicted octanol–water partition coefficient (Wildman–Crippen LogP) is 4.76. The molecule has 0 saturated carbocycles. The number of aromatic nitrogens is 4. The monoisotopic (exact) mass is 470 g/mol. The number of para-hydroxylation sites is 1. The van der Waals surface area contributed by atoms with Crippen molar-refractivity contribution >= 4 is 22.6 Å². The second-order valence-corrected chi connectivity index (χ2v) is 8.76. The molecule has 0 aliphatic rings. The first-order valence-corrected chi connectivity index (χ1v) is 11.7. The molecule has 35 heavy (non-hydrogen) atoms. The van der Waals surface area contributed by atoms with Crippen molar-refractivity contribution < 1.29 is 9.53 Å². The highest BCUT2D eigenvalue weighted by atomic mass is 16.5. The Morgan fingerprint density at radius 2 is 1.89 bits per heavy atom. The minimum absolute atomic E-state index is 0.0659. The summed E-state index contributed by atoms with van der Waals surface area (Å²) in [5, 5.41) is 6.95. The van der Waals surface area contributed by atoms with Gasteiger partial charge in [-0.1, -0.05) is 25.1 Å². The predicted molar refractivity (Wildman–Crippen MR) is 138 cm³/mol. The number of anilines is 1. The van der Waals surface area contributed by atoms with Crippen molar-refractivity contribution in [2.24, 2.45) is 0 Å². The van der Waals surface area contributed by atoms with E-state index >= 15 is 0 Å². The normalized spacial score (nSPS) is 11.9. The highest BCUT2D eigenvalue weighted by Crippen LogP contribution is 2.27. The molecule has 2 N–H and O–H groups in total. The van der Waals surface area contributed by atoms with Crippen LogP contribution in [0.1, 0.15) is 48.2 Å². The Kier molecular flexibility index (Phi) is 7.19. The average molecular weight is 471 g/mol. The highest BCUT2D eigenvalue weighted by Gasteiger charge is 2.15. The number of nitrogens with zero attached hydrogens (tertiary/aromatic N) is 4. The summed E-state index contributed by atoms with van der Waals surface area (Å²) in [6.07, 6.45) is 5.06. The topological polar surface area (TPSA) is 102 Å². The molecule has 1 amide bonds. The van der Waals surface area contributed by atoms with Crippen molar-refractivity contribution in [3.8, 4) is 17.1 Å². The van der Waals surface area contributed by atoms with E-state index in [1.165, 1.54) is 0 Å². The largest absolute Gasteiger partial charge is 0.475 e. The van der Waals surface area contributed by atoms with Crippen LogP contribution in [0.2, 0.25) is 0 Å². The number of aryl methyl sites for hydroxylation is 1. The molecule has 0 spiro atoms. The molecule has 3 aromatic heterocycles. The van der Waals surface area contributed by atoms with E-state index in [0.29, 0.717) is 18.0 Å². The Morgan fingerprint density at radius 1 is 1.06 bits per heavy atom. The molecule has 0 unspecified atom stereocenters. The van der Waals surface area contributed by atoms with Gasteiger partial charge in [0.05, 0.1) is 22.9 Å². The van der Waals surface area contributed by atoms with E-state index in [4.69, 9.17) is 4.74 Å². The van der Waals surface area contributed by atoms with Gasteiger partial charge in [-0.2, -0.15) is 0 Å². The Morgan fingerprint density at radius 3 is 2.63 bits per heavy atom. The molecule has 8 heteroatoms. The maximum atomic E-state index is 12.3. The van der Waals surface area contributed by atoms with Gasteiger partial charge in [0.1, 0.15) is 12.1 Å². The molecule has 180 valence electrons. The van der Waals surface area contributed by atoms with Gasteiger partial charge in [0.2, 0.25) is 5.88 Å². The second-order valence-electron chi connectivity index (χ2n) is 8.76. The molecule has 0 bridgehead atoms. The highest BCUT2D eigenvalue weighted by molar-refractivity contribution is 6.06. The number of fused-ring (bicyclic) bond motifs is 1. The van der Waals surface area contributed by atoms with E-state index in [1.54, 1.807) is 31.8 Å². The molecule has 1 atom stereocenters. The van der Waals surface area contributed by atoms with Crippen LogP contribution in [0.25, 0.3) is 22.2 Å². The molecule has 4 aromatic rings. The van der Waals surface area contributed by atoms with Crippen LogP contribution >= 0.6 is 0 Å². The van der Waals surface area contributed by atoms with Gasteiger partial charge in [0, 0.05) is 54.5 Å². The molecule has 4 rings (SSSR count). The minimum Gasteiger partial charge on any atom is -0.475 e. The first kappa shape index (κ1) is 24.1. The van der Waals surface area contributed by atoms with E-state index in [2.05, 4.69) is 43.6 Å². The lowest BCUT2D eigenvalue weighted by atomic mass is 9.96. The number of nitrogens with one attached hydrogen (secondary N) is 2. The zero-order valence-corrected chi connectivity index (χ0v) is 20.7. The zero-order chi connectivity index (χ0) is 24.9. The first-order chi connectivity index (χ1) is 16.9. The van der Waals surface area contributed by atoms with Crippen LogP contribution in [0.5, 0.6) is 5.88 Å². The van der Waals surface area contributed by atoms with Crippen LogP contribution in [-0.2, 0) is 0 Å². The first-order valence-electron chi connectivity index (χ1n) is 11.7. The summed E-state index contributed by atoms with van der Waals surface area (Å²) < 4.78 is 5.74. The number of carbonyl (C=O) groups is 1. The van der Waals surface area contributed by atoms with Crippen LogP contribution in [0, 0.1) is 6.92 Å². The van der Waals surface area contributed by atoms with E-state index in [0.717, 1.165) is 39.1 Å². The molecule has 8 nitrogen and oxygen atoms in total. The Hall–Kier alpha value is -4.07. The number of hydrogen-bond acceptors (Lipinski definition) is 7. The summed E-state index contributed by atoms with van der Waals surface area (Å²) in [6.45, 7) is 8.70. The summed E-state index contributed by atoms with van der Waals surface area (Å²) in [5.74, 6) is 1.36. The van der Waals surface area contributed by atoms with Gasteiger partial charge in [-0.15, -0.1) is 0 Å². The van der Waals surface area contributed by atoms with E-state index in [9.17, 15) is 4.79 Å². The number of carbonyl (C=O) groups excluding carboxylic acids is 1. The number of hydrogen-bond donors (Lipinski definition) is 2. The van der Waals surface area contributed by atoms with Gasteiger partial charge < -0.3 is 15.4 Å². The molecule has 1 aromatic carbocycles. The number of amides is 1. The maximum Gasteiger partial charge on any atom is 0.251 e. The lowest BCUT2D eigenvalue weighted by Crippen LogP contribution is -2.18. The molecule has 0 saturated heterocycles. The number of benzene rings is 1. The van der Waals surface area contributed by atoms with Crippen LogP contribution in [-0.4, -0.2) is 45.5 Å². The van der Waals surface area contributed by atoms with Gasteiger partial charge >= 0.3 is 0 Å². The Bertz CT molecular complexity index is 1350. The van der Waals surface area contributed by atoms with Crippen LogP contribution in [0.15, 0.2) is 55.1 Å². The van der Waals surface area contributed by atoms with E-state index in [-0.39, 0.29) is 17.9 Å². The summed E-state index contributed by atoms with van der Waals surface area (Å²) in [6, 6.07) is 11.6. The summed E-state index contributed by atoms with van der Waals surface area (Å²) in [4.78, 5) is 30.1. The van der Waals surface area contributed by atoms with Crippen molar-refractivity contribution in [1.82, 2.24) is 25.3 Å². The van der Waals surface area contributed by atoms with Gasteiger partial charge in [0.15, 0.2) is 0 Å². The van der Waals surface area contributed by atoms with E-state index < -0.39 is 0 Å². The minimum atomic E-state index is -0.123. The van der Waals surface area contributed by atoms with Gasteiger partial charge in [0.25, 0.3) is 5.91 Å². The fraction of sp³-hybridized carbons (Fsp3) is 0.296. The van der Waals surface area contributed by atoms with Crippen LogP contribution < -0.4 is 15.4 Å². The van der Waals surface area contributed by atoms with Gasteiger partial charge in [-0.25, -0.2) is 15.0 Å². The summed E-state index contributed by atoms with van der Waals surface area (Å²) >= 11 is 0. The number of pyridine rings is 2. The van der Waals surface area contributed by atoms with Crippen molar-refractivity contribution in [2.45, 2.75) is 39.7 Å². The van der Waals surface area contributed by atoms with E-state index in [1.807, 2.05) is 45.0 Å². The molecular formula is C27H30N6O2. The number of ether oxygens (including phenoxy) is 1.